The van der Waals surface area contributed by atoms with Gasteiger partial charge in [-0.25, -0.2) is 0 Å². The van der Waals surface area contributed by atoms with E-state index in [0.29, 0.717) is 0 Å². The van der Waals surface area contributed by atoms with Crippen molar-refractivity contribution in [3.63, 3.8) is 0 Å². The Hall–Kier alpha value is -7.24. The van der Waals surface area contributed by atoms with Crippen LogP contribution in [-0.2, 0) is 0 Å². The monoisotopic (exact) mass is 679 g/mol. The molecule has 0 unspecified atom stereocenters. The summed E-state index contributed by atoms with van der Waals surface area (Å²) in [6.45, 7) is 0. The predicted molar refractivity (Wildman–Crippen MR) is 219 cm³/mol. The maximum atomic E-state index is 4.59. The quantitative estimate of drug-likeness (QED) is 0.168. The van der Waals surface area contributed by atoms with Gasteiger partial charge >= 0.3 is 0 Å². The number of para-hydroxylation sites is 2. The van der Waals surface area contributed by atoms with E-state index in [1.165, 1.54) is 21.7 Å². The van der Waals surface area contributed by atoms with E-state index >= 15 is 0 Å². The Bertz CT molecular complexity index is 2760. The van der Waals surface area contributed by atoms with E-state index in [2.05, 4.69) is 176 Å². The molecule has 0 aliphatic rings. The molecule has 5 heteroatoms. The van der Waals surface area contributed by atoms with E-state index in [1.807, 2.05) is 48.8 Å². The second kappa shape index (κ2) is 12.8. The fraction of sp³-hybridized carbons (Fsp3) is 0. The predicted octanol–water partition coefficient (Wildman–Crippen LogP) is 12.3. The van der Waals surface area contributed by atoms with Crippen LogP contribution in [0.15, 0.2) is 201 Å². The third kappa shape index (κ3) is 5.43. The standard InChI is InChI=1S/C48H33N5/c1-3-11-37(12-4-1)51-30-27-36-31-42-43-32-41(25-26-46(43)53(48(42)33-47(36)51)38-13-5-2-6-14-38)52(39-21-17-34(18-22-39)44-15-7-9-28-49-44)40-23-19-35(20-24-40)45-16-8-10-29-50-45/h1-33H. The Morgan fingerprint density at radius 3 is 1.53 bits per heavy atom. The van der Waals surface area contributed by atoms with Gasteiger partial charge in [-0.1, -0.05) is 72.8 Å². The van der Waals surface area contributed by atoms with Crippen molar-refractivity contribution in [2.45, 2.75) is 0 Å². The van der Waals surface area contributed by atoms with Crippen molar-refractivity contribution < 1.29 is 0 Å². The molecular formula is C48H33N5. The fourth-order valence-corrected chi connectivity index (χ4v) is 7.52. The van der Waals surface area contributed by atoms with Crippen molar-refractivity contribution >= 4 is 49.8 Å². The summed E-state index contributed by atoms with van der Waals surface area (Å²) in [5.74, 6) is 0. The number of fused-ring (bicyclic) bond motifs is 4. The van der Waals surface area contributed by atoms with Gasteiger partial charge in [-0.3, -0.25) is 9.97 Å². The number of hydrogen-bond donors (Lipinski definition) is 0. The number of anilines is 3. The van der Waals surface area contributed by atoms with Gasteiger partial charge in [-0.05, 0) is 109 Å². The van der Waals surface area contributed by atoms with Crippen molar-refractivity contribution in [3.05, 3.63) is 201 Å². The summed E-state index contributed by atoms with van der Waals surface area (Å²) in [7, 11) is 0. The molecule has 0 aliphatic heterocycles. The highest BCUT2D eigenvalue weighted by molar-refractivity contribution is 6.14. The second-order valence-corrected chi connectivity index (χ2v) is 13.2. The summed E-state index contributed by atoms with van der Waals surface area (Å²) in [4.78, 5) is 11.5. The van der Waals surface area contributed by atoms with Gasteiger partial charge in [0, 0.05) is 74.3 Å². The summed E-state index contributed by atoms with van der Waals surface area (Å²) in [5.41, 5.74) is 13.0. The highest BCUT2D eigenvalue weighted by Crippen LogP contribution is 2.41. The van der Waals surface area contributed by atoms with Crippen LogP contribution in [0.1, 0.15) is 0 Å². The highest BCUT2D eigenvalue weighted by atomic mass is 15.1. The van der Waals surface area contributed by atoms with E-state index in [1.54, 1.807) is 0 Å². The largest absolute Gasteiger partial charge is 0.316 e. The topological polar surface area (TPSA) is 38.9 Å². The first-order valence-electron chi connectivity index (χ1n) is 17.8. The number of pyridine rings is 2. The normalized spacial score (nSPS) is 11.4. The highest BCUT2D eigenvalue weighted by Gasteiger charge is 2.19. The van der Waals surface area contributed by atoms with E-state index in [-0.39, 0.29) is 0 Å². The van der Waals surface area contributed by atoms with Crippen LogP contribution in [0.3, 0.4) is 0 Å². The van der Waals surface area contributed by atoms with Crippen LogP contribution >= 0.6 is 0 Å². The third-order valence-electron chi connectivity index (χ3n) is 10.0. The molecule has 5 nitrogen and oxygen atoms in total. The lowest BCUT2D eigenvalue weighted by Crippen LogP contribution is -2.10. The minimum absolute atomic E-state index is 0.952. The summed E-state index contributed by atoms with van der Waals surface area (Å²) < 4.78 is 4.67. The first kappa shape index (κ1) is 30.6. The Labute approximate surface area is 307 Å². The van der Waals surface area contributed by atoms with Crippen LogP contribution in [0.5, 0.6) is 0 Å². The summed E-state index contributed by atoms with van der Waals surface area (Å²) >= 11 is 0. The average Bonchev–Trinajstić information content (AvgIpc) is 3.80. The molecule has 0 fully saturated rings. The van der Waals surface area contributed by atoms with Gasteiger partial charge in [0.05, 0.1) is 27.9 Å². The van der Waals surface area contributed by atoms with Crippen molar-refractivity contribution in [3.8, 4) is 33.9 Å². The molecule has 6 aromatic carbocycles. The first-order valence-corrected chi connectivity index (χ1v) is 17.8. The smallest absolute Gasteiger partial charge is 0.0701 e. The van der Waals surface area contributed by atoms with Crippen LogP contribution in [0, 0.1) is 0 Å². The number of rotatable bonds is 7. The Balaban J connectivity index is 1.17. The lowest BCUT2D eigenvalue weighted by Gasteiger charge is -2.26. The van der Waals surface area contributed by atoms with Crippen molar-refractivity contribution in [2.24, 2.45) is 0 Å². The van der Waals surface area contributed by atoms with Crippen molar-refractivity contribution in [2.75, 3.05) is 4.90 Å². The van der Waals surface area contributed by atoms with Crippen LogP contribution in [0.25, 0.3) is 66.6 Å². The first-order chi connectivity index (χ1) is 26.3. The minimum atomic E-state index is 0.952. The lowest BCUT2D eigenvalue weighted by molar-refractivity contribution is 1.12. The molecule has 4 aromatic heterocycles. The molecule has 10 aromatic rings. The molecule has 0 saturated heterocycles. The Kier molecular flexibility index (Phi) is 7.40. The molecule has 53 heavy (non-hydrogen) atoms. The number of hydrogen-bond acceptors (Lipinski definition) is 3. The molecule has 0 N–H and O–H groups in total. The SMILES string of the molecule is c1ccc(-n2ccc3cc4c5cc(N(c6ccc(-c7ccccn7)cc6)c6ccc(-c7ccccn7)cc6)ccc5n(-c5ccccc5)c4cc32)cc1. The van der Waals surface area contributed by atoms with Crippen LogP contribution in [-0.4, -0.2) is 19.1 Å². The van der Waals surface area contributed by atoms with E-state index < -0.39 is 0 Å². The molecule has 0 amide bonds. The summed E-state index contributed by atoms with van der Waals surface area (Å²) in [5, 5.41) is 3.60. The third-order valence-corrected chi connectivity index (χ3v) is 10.0. The zero-order chi connectivity index (χ0) is 35.1. The van der Waals surface area contributed by atoms with Crippen molar-refractivity contribution in [1.29, 1.82) is 0 Å². The van der Waals surface area contributed by atoms with Crippen molar-refractivity contribution in [1.82, 2.24) is 19.1 Å². The van der Waals surface area contributed by atoms with Gasteiger partial charge in [-0.15, -0.1) is 0 Å². The molecule has 0 saturated carbocycles. The lowest BCUT2D eigenvalue weighted by atomic mass is 10.1. The summed E-state index contributed by atoms with van der Waals surface area (Å²) in [6, 6.07) is 64.4. The van der Waals surface area contributed by atoms with Gasteiger partial charge in [0.15, 0.2) is 0 Å². The molecule has 10 rings (SSSR count). The number of aromatic nitrogens is 4. The number of benzene rings is 6. The Morgan fingerprint density at radius 1 is 0.396 bits per heavy atom. The number of nitrogens with zero attached hydrogens (tertiary/aromatic N) is 5. The fourth-order valence-electron chi connectivity index (χ4n) is 7.52. The second-order valence-electron chi connectivity index (χ2n) is 13.2. The zero-order valence-electron chi connectivity index (χ0n) is 28.8. The van der Waals surface area contributed by atoms with Crippen LogP contribution in [0.2, 0.25) is 0 Å². The molecule has 0 bridgehead atoms. The molecule has 0 spiro atoms. The average molecular weight is 680 g/mol. The van der Waals surface area contributed by atoms with Gasteiger partial charge in [0.2, 0.25) is 0 Å². The molecule has 0 radical (unpaired) electrons. The molecule has 250 valence electrons. The van der Waals surface area contributed by atoms with Crippen LogP contribution in [0.4, 0.5) is 17.1 Å². The Morgan fingerprint density at radius 2 is 0.943 bits per heavy atom. The molecular weight excluding hydrogens is 647 g/mol. The minimum Gasteiger partial charge on any atom is -0.316 e. The zero-order valence-corrected chi connectivity index (χ0v) is 28.8. The van der Waals surface area contributed by atoms with Gasteiger partial charge in [0.1, 0.15) is 0 Å². The van der Waals surface area contributed by atoms with Crippen LogP contribution < -0.4 is 4.90 Å². The maximum absolute atomic E-state index is 4.59. The molecule has 0 aliphatic carbocycles. The van der Waals surface area contributed by atoms with E-state index in [9.17, 15) is 0 Å². The molecule has 4 heterocycles. The van der Waals surface area contributed by atoms with Gasteiger partial charge < -0.3 is 14.0 Å². The maximum Gasteiger partial charge on any atom is 0.0701 e. The summed E-state index contributed by atoms with van der Waals surface area (Å²) in [6.07, 6.45) is 5.85. The van der Waals surface area contributed by atoms with Gasteiger partial charge in [-0.2, -0.15) is 0 Å². The van der Waals surface area contributed by atoms with E-state index in [0.717, 1.165) is 62.0 Å². The van der Waals surface area contributed by atoms with Gasteiger partial charge in [0.25, 0.3) is 0 Å². The molecule has 0 atom stereocenters. The van der Waals surface area contributed by atoms with E-state index in [4.69, 9.17) is 0 Å².